The second-order valence-corrected chi connectivity index (χ2v) is 8.14. The average molecular weight is 431 g/mol. The largest absolute Gasteiger partial charge is 0.459 e. The van der Waals surface area contributed by atoms with Gasteiger partial charge in [0.25, 0.3) is 5.91 Å². The zero-order chi connectivity index (χ0) is 22.1. The summed E-state index contributed by atoms with van der Waals surface area (Å²) in [6.07, 6.45) is 2.67. The Bertz CT molecular complexity index is 1120. The molecule has 1 amide bonds. The van der Waals surface area contributed by atoms with E-state index in [-0.39, 0.29) is 17.6 Å². The lowest BCUT2D eigenvalue weighted by atomic mass is 9.82. The highest BCUT2D eigenvalue weighted by Crippen LogP contribution is 2.35. The average Bonchev–Trinajstić information content (AvgIpc) is 3.38. The summed E-state index contributed by atoms with van der Waals surface area (Å²) in [7, 11) is 1.78. The third-order valence-electron chi connectivity index (χ3n) is 6.21. The van der Waals surface area contributed by atoms with Crippen molar-refractivity contribution >= 4 is 23.5 Å². The van der Waals surface area contributed by atoms with Gasteiger partial charge in [-0.25, -0.2) is 4.98 Å². The molecule has 0 saturated carbocycles. The first-order valence-corrected chi connectivity index (χ1v) is 10.9. The lowest BCUT2D eigenvalue weighted by Gasteiger charge is -2.35. The Morgan fingerprint density at radius 3 is 2.50 bits per heavy atom. The van der Waals surface area contributed by atoms with Gasteiger partial charge >= 0.3 is 0 Å². The molecule has 1 aliphatic carbocycles. The van der Waals surface area contributed by atoms with Crippen molar-refractivity contribution in [3.63, 3.8) is 0 Å². The van der Waals surface area contributed by atoms with Crippen LogP contribution >= 0.6 is 0 Å². The minimum atomic E-state index is -0.103. The first-order chi connectivity index (χ1) is 15.6. The van der Waals surface area contributed by atoms with E-state index in [1.54, 1.807) is 24.1 Å². The zero-order valence-corrected chi connectivity index (χ0v) is 18.0. The van der Waals surface area contributed by atoms with Crippen molar-refractivity contribution in [3.8, 4) is 0 Å². The SMILES string of the molecule is CNc1nc(N2CCN(C(=O)c3ccco3)CC2)nc2c1C(=O)C[C@@H](c1ccccc1)C2. The molecule has 0 unspecified atom stereocenters. The molecular weight excluding hydrogens is 406 g/mol. The van der Waals surface area contributed by atoms with Crippen molar-refractivity contribution in [1.82, 2.24) is 14.9 Å². The Kier molecular flexibility index (Phi) is 5.34. The van der Waals surface area contributed by atoms with Crippen LogP contribution in [0.5, 0.6) is 0 Å². The van der Waals surface area contributed by atoms with Crippen LogP contribution in [0.1, 0.15) is 44.5 Å². The van der Waals surface area contributed by atoms with Crippen molar-refractivity contribution in [1.29, 1.82) is 0 Å². The highest BCUT2D eigenvalue weighted by Gasteiger charge is 2.32. The van der Waals surface area contributed by atoms with Crippen LogP contribution in [-0.4, -0.2) is 59.8 Å². The molecule has 2 aromatic heterocycles. The molecule has 3 aromatic rings. The number of hydrogen-bond donors (Lipinski definition) is 1. The maximum atomic E-state index is 13.0. The van der Waals surface area contributed by atoms with Crippen LogP contribution in [0, 0.1) is 0 Å². The van der Waals surface area contributed by atoms with Crippen LogP contribution in [0.2, 0.25) is 0 Å². The molecule has 32 heavy (non-hydrogen) atoms. The molecule has 1 aromatic carbocycles. The number of nitrogens with one attached hydrogen (secondary N) is 1. The minimum absolute atomic E-state index is 0.0740. The quantitative estimate of drug-likeness (QED) is 0.679. The normalized spacial score (nSPS) is 18.4. The highest BCUT2D eigenvalue weighted by molar-refractivity contribution is 6.03. The Morgan fingerprint density at radius 2 is 1.81 bits per heavy atom. The fourth-order valence-electron chi connectivity index (χ4n) is 4.52. The van der Waals surface area contributed by atoms with Gasteiger partial charge in [0, 0.05) is 39.6 Å². The van der Waals surface area contributed by atoms with Gasteiger partial charge in [0.2, 0.25) is 5.95 Å². The molecule has 164 valence electrons. The number of nitrogens with zero attached hydrogens (tertiary/aromatic N) is 4. The first-order valence-electron chi connectivity index (χ1n) is 10.9. The molecular formula is C24H25N5O3. The number of hydrogen-bond acceptors (Lipinski definition) is 7. The van der Waals surface area contributed by atoms with Gasteiger partial charge in [-0.3, -0.25) is 9.59 Å². The summed E-state index contributed by atoms with van der Waals surface area (Å²) in [6, 6.07) is 13.5. The molecule has 0 spiro atoms. The summed E-state index contributed by atoms with van der Waals surface area (Å²) in [5.74, 6) is 1.62. The third-order valence-corrected chi connectivity index (χ3v) is 6.21. The van der Waals surface area contributed by atoms with Gasteiger partial charge in [-0.2, -0.15) is 4.98 Å². The lowest BCUT2D eigenvalue weighted by Crippen LogP contribution is -2.49. The number of rotatable bonds is 4. The molecule has 0 radical (unpaired) electrons. The smallest absolute Gasteiger partial charge is 0.289 e. The van der Waals surface area contributed by atoms with Crippen LogP contribution in [0.4, 0.5) is 11.8 Å². The van der Waals surface area contributed by atoms with Crippen molar-refractivity contribution in [3.05, 3.63) is 71.3 Å². The number of fused-ring (bicyclic) bond motifs is 1. The van der Waals surface area contributed by atoms with Gasteiger partial charge in [0.05, 0.1) is 17.5 Å². The van der Waals surface area contributed by atoms with E-state index >= 15 is 0 Å². The van der Waals surface area contributed by atoms with Crippen molar-refractivity contribution < 1.29 is 14.0 Å². The first kappa shape index (κ1) is 20.2. The maximum Gasteiger partial charge on any atom is 0.289 e. The molecule has 2 aliphatic rings. The van der Waals surface area contributed by atoms with Crippen LogP contribution in [-0.2, 0) is 6.42 Å². The van der Waals surface area contributed by atoms with Gasteiger partial charge in [0.1, 0.15) is 5.82 Å². The van der Waals surface area contributed by atoms with Gasteiger partial charge in [-0.15, -0.1) is 0 Å². The van der Waals surface area contributed by atoms with Gasteiger partial charge in [0.15, 0.2) is 11.5 Å². The summed E-state index contributed by atoms with van der Waals surface area (Å²) >= 11 is 0. The Hall–Kier alpha value is -3.68. The number of piperazine rings is 1. The number of aromatic nitrogens is 2. The second-order valence-electron chi connectivity index (χ2n) is 8.14. The Balaban J connectivity index is 1.37. The van der Waals surface area contributed by atoms with E-state index in [2.05, 4.69) is 27.3 Å². The van der Waals surface area contributed by atoms with Gasteiger partial charge < -0.3 is 19.5 Å². The fourth-order valence-corrected chi connectivity index (χ4v) is 4.52. The Morgan fingerprint density at radius 1 is 1.03 bits per heavy atom. The maximum absolute atomic E-state index is 13.0. The molecule has 1 atom stereocenters. The van der Waals surface area contributed by atoms with Crippen LogP contribution in [0.25, 0.3) is 0 Å². The van der Waals surface area contributed by atoms with E-state index in [0.29, 0.717) is 62.1 Å². The van der Waals surface area contributed by atoms with E-state index in [1.807, 2.05) is 18.2 Å². The van der Waals surface area contributed by atoms with E-state index in [1.165, 1.54) is 6.26 Å². The van der Waals surface area contributed by atoms with Crippen LogP contribution in [0.15, 0.2) is 53.1 Å². The van der Waals surface area contributed by atoms with Crippen molar-refractivity contribution in [2.24, 2.45) is 0 Å². The molecule has 1 aliphatic heterocycles. The third kappa shape index (κ3) is 3.72. The predicted molar refractivity (Wildman–Crippen MR) is 120 cm³/mol. The standard InChI is InChI=1S/C24H25N5O3/c1-25-22-21-18(14-17(15-19(21)30)16-6-3-2-4-7-16)26-24(27-22)29-11-9-28(10-12-29)23(31)20-8-5-13-32-20/h2-8,13,17H,9-12,14-15H2,1H3,(H,25,26,27)/t17-/m0/s1. The Labute approximate surface area is 186 Å². The summed E-state index contributed by atoms with van der Waals surface area (Å²) in [6.45, 7) is 2.34. The van der Waals surface area contributed by atoms with E-state index in [4.69, 9.17) is 9.40 Å². The number of furan rings is 1. The number of carbonyl (C=O) groups is 2. The fraction of sp³-hybridized carbons (Fsp3) is 0.333. The monoisotopic (exact) mass is 431 g/mol. The lowest BCUT2D eigenvalue weighted by molar-refractivity contribution is 0.0714. The van der Waals surface area contributed by atoms with E-state index < -0.39 is 0 Å². The molecule has 0 bridgehead atoms. The highest BCUT2D eigenvalue weighted by atomic mass is 16.3. The topological polar surface area (TPSA) is 91.6 Å². The zero-order valence-electron chi connectivity index (χ0n) is 18.0. The molecule has 8 nitrogen and oxygen atoms in total. The van der Waals surface area contributed by atoms with Crippen LogP contribution < -0.4 is 10.2 Å². The van der Waals surface area contributed by atoms with E-state index in [9.17, 15) is 9.59 Å². The molecule has 1 N–H and O–H groups in total. The predicted octanol–water partition coefficient (Wildman–Crippen LogP) is 2.99. The van der Waals surface area contributed by atoms with Crippen molar-refractivity contribution in [2.45, 2.75) is 18.8 Å². The number of carbonyl (C=O) groups excluding carboxylic acids is 2. The molecule has 1 fully saturated rings. The number of Topliss-reactive ketones (excluding diaryl/α,β-unsaturated/α-hetero) is 1. The summed E-state index contributed by atoms with van der Waals surface area (Å²) in [5.41, 5.74) is 2.55. The van der Waals surface area contributed by atoms with Gasteiger partial charge in [-0.1, -0.05) is 30.3 Å². The van der Waals surface area contributed by atoms with Crippen molar-refractivity contribution in [2.75, 3.05) is 43.4 Å². The summed E-state index contributed by atoms with van der Waals surface area (Å²) in [4.78, 5) is 38.9. The number of benzene rings is 1. The molecule has 3 heterocycles. The minimum Gasteiger partial charge on any atom is -0.459 e. The van der Waals surface area contributed by atoms with Crippen LogP contribution in [0.3, 0.4) is 0 Å². The number of ketones is 1. The van der Waals surface area contributed by atoms with Gasteiger partial charge in [-0.05, 0) is 30.0 Å². The number of anilines is 2. The molecule has 5 rings (SSSR count). The van der Waals surface area contributed by atoms with E-state index in [0.717, 1.165) is 11.3 Å². The summed E-state index contributed by atoms with van der Waals surface area (Å²) < 4.78 is 5.24. The second kappa shape index (κ2) is 8.45. The summed E-state index contributed by atoms with van der Waals surface area (Å²) in [5, 5.41) is 3.09. The molecule has 8 heteroatoms. The molecule has 1 saturated heterocycles. The number of amides is 1.